The minimum atomic E-state index is -3.56. The summed E-state index contributed by atoms with van der Waals surface area (Å²) in [6.07, 6.45) is 2.01. The lowest BCUT2D eigenvalue weighted by molar-refractivity contribution is 0.339. The molecule has 0 N–H and O–H groups in total. The highest BCUT2D eigenvalue weighted by Crippen LogP contribution is 2.52. The lowest BCUT2D eigenvalue weighted by Crippen LogP contribution is -2.48. The van der Waals surface area contributed by atoms with Crippen LogP contribution in [-0.2, 0) is 15.4 Å². The van der Waals surface area contributed by atoms with Gasteiger partial charge in [0.2, 0.25) is 10.0 Å². The van der Waals surface area contributed by atoms with Gasteiger partial charge in [-0.05, 0) is 49.6 Å². The Morgan fingerprint density at radius 1 is 1.00 bits per heavy atom. The van der Waals surface area contributed by atoms with E-state index < -0.39 is 10.0 Å². The summed E-state index contributed by atoms with van der Waals surface area (Å²) in [5.41, 5.74) is 1.06. The number of hydrogen-bond donors (Lipinski definition) is 0. The second-order valence-corrected chi connectivity index (χ2v) is 10.1. The Hall–Kier alpha value is -2.91. The molecule has 32 heavy (non-hydrogen) atoms. The number of aromatic nitrogens is 2. The fourth-order valence-electron chi connectivity index (χ4n) is 4.21. The van der Waals surface area contributed by atoms with Crippen LogP contribution in [0.3, 0.4) is 0 Å². The zero-order chi connectivity index (χ0) is 22.2. The second kappa shape index (κ2) is 8.22. The standard InChI is InChI=1S/C23H26N4O4S/c1-2-30-19-8-10-20(11-9-19)32(28,29)27-16-14-26(15-17-27)22-24-21(25-31-22)23(12-13-23)18-6-4-3-5-7-18/h3-11H,2,12-17H2,1H3. The third kappa shape index (κ3) is 3.75. The summed E-state index contributed by atoms with van der Waals surface area (Å²) in [6.45, 7) is 4.14. The maximum atomic E-state index is 13.0. The molecule has 1 aromatic heterocycles. The third-order valence-corrected chi connectivity index (χ3v) is 8.11. The molecule has 168 valence electrons. The molecule has 1 aliphatic heterocycles. The van der Waals surface area contributed by atoms with Gasteiger partial charge in [0.15, 0.2) is 5.82 Å². The van der Waals surface area contributed by atoms with E-state index in [0.29, 0.717) is 50.4 Å². The van der Waals surface area contributed by atoms with Crippen LogP contribution in [0.15, 0.2) is 64.0 Å². The molecule has 0 amide bonds. The lowest BCUT2D eigenvalue weighted by atomic mass is 9.95. The number of anilines is 1. The van der Waals surface area contributed by atoms with Crippen LogP contribution in [0.1, 0.15) is 31.2 Å². The fraction of sp³-hybridized carbons (Fsp3) is 0.391. The molecule has 5 rings (SSSR count). The number of nitrogens with zero attached hydrogens (tertiary/aromatic N) is 4. The van der Waals surface area contributed by atoms with Crippen molar-refractivity contribution in [3.05, 3.63) is 66.0 Å². The Morgan fingerprint density at radius 3 is 2.31 bits per heavy atom. The summed E-state index contributed by atoms with van der Waals surface area (Å²) in [5, 5.41) is 4.27. The average molecular weight is 455 g/mol. The van der Waals surface area contributed by atoms with Crippen molar-refractivity contribution in [2.45, 2.75) is 30.1 Å². The highest BCUT2D eigenvalue weighted by atomic mass is 32.2. The van der Waals surface area contributed by atoms with Crippen molar-refractivity contribution in [2.24, 2.45) is 0 Å². The van der Waals surface area contributed by atoms with Crippen LogP contribution >= 0.6 is 0 Å². The van der Waals surface area contributed by atoms with Crippen molar-refractivity contribution < 1.29 is 17.7 Å². The van der Waals surface area contributed by atoms with E-state index in [0.717, 1.165) is 12.8 Å². The Morgan fingerprint density at radius 2 is 1.69 bits per heavy atom. The van der Waals surface area contributed by atoms with Crippen LogP contribution in [0.25, 0.3) is 0 Å². The Labute approximate surface area is 187 Å². The van der Waals surface area contributed by atoms with E-state index in [1.165, 1.54) is 9.87 Å². The van der Waals surface area contributed by atoms with E-state index in [1.54, 1.807) is 24.3 Å². The summed E-state index contributed by atoms with van der Waals surface area (Å²) in [6, 6.07) is 17.3. The number of benzene rings is 2. The van der Waals surface area contributed by atoms with E-state index in [-0.39, 0.29) is 10.3 Å². The smallest absolute Gasteiger partial charge is 0.324 e. The van der Waals surface area contributed by atoms with Crippen molar-refractivity contribution in [1.29, 1.82) is 0 Å². The van der Waals surface area contributed by atoms with E-state index in [4.69, 9.17) is 9.26 Å². The van der Waals surface area contributed by atoms with E-state index >= 15 is 0 Å². The molecule has 1 saturated carbocycles. The first-order valence-electron chi connectivity index (χ1n) is 10.9. The maximum Gasteiger partial charge on any atom is 0.324 e. The summed E-state index contributed by atoms with van der Waals surface area (Å²) in [5.74, 6) is 1.37. The largest absolute Gasteiger partial charge is 0.494 e. The van der Waals surface area contributed by atoms with Gasteiger partial charge in [0.25, 0.3) is 0 Å². The van der Waals surface area contributed by atoms with Crippen LogP contribution < -0.4 is 9.64 Å². The van der Waals surface area contributed by atoms with E-state index in [2.05, 4.69) is 22.3 Å². The first-order chi connectivity index (χ1) is 15.5. The Balaban J connectivity index is 1.25. The molecule has 8 nitrogen and oxygen atoms in total. The average Bonchev–Trinajstić information content (AvgIpc) is 3.49. The fourth-order valence-corrected chi connectivity index (χ4v) is 5.63. The molecule has 0 bridgehead atoms. The van der Waals surface area contributed by atoms with Gasteiger partial charge in [0.1, 0.15) is 5.75 Å². The summed E-state index contributed by atoms with van der Waals surface area (Å²) >= 11 is 0. The first kappa shape index (κ1) is 21.0. The van der Waals surface area contributed by atoms with Crippen LogP contribution in [0.5, 0.6) is 5.75 Å². The molecule has 1 saturated heterocycles. The van der Waals surface area contributed by atoms with Crippen LogP contribution in [0.2, 0.25) is 0 Å². The summed E-state index contributed by atoms with van der Waals surface area (Å²) < 4.78 is 38.5. The van der Waals surface area contributed by atoms with Crippen molar-refractivity contribution >= 4 is 16.0 Å². The SMILES string of the molecule is CCOc1ccc(S(=O)(=O)N2CCN(c3nc(C4(c5ccccc5)CC4)no3)CC2)cc1. The van der Waals surface area contributed by atoms with Gasteiger partial charge in [-0.1, -0.05) is 35.5 Å². The minimum Gasteiger partial charge on any atom is -0.494 e. The molecule has 2 aromatic carbocycles. The first-order valence-corrected chi connectivity index (χ1v) is 12.3. The molecule has 9 heteroatoms. The lowest BCUT2D eigenvalue weighted by Gasteiger charge is -2.32. The van der Waals surface area contributed by atoms with Crippen molar-refractivity contribution in [3.8, 4) is 5.75 Å². The van der Waals surface area contributed by atoms with E-state index in [9.17, 15) is 8.42 Å². The summed E-state index contributed by atoms with van der Waals surface area (Å²) in [7, 11) is -3.56. The normalized spacial score (nSPS) is 18.5. The molecular weight excluding hydrogens is 428 g/mol. The predicted molar refractivity (Wildman–Crippen MR) is 119 cm³/mol. The second-order valence-electron chi connectivity index (χ2n) is 8.14. The molecular formula is C23H26N4O4S. The van der Waals surface area contributed by atoms with Gasteiger partial charge in [-0.25, -0.2) is 8.42 Å². The highest BCUT2D eigenvalue weighted by molar-refractivity contribution is 7.89. The van der Waals surface area contributed by atoms with Crippen LogP contribution in [0, 0.1) is 0 Å². The van der Waals surface area contributed by atoms with Gasteiger partial charge in [0, 0.05) is 26.2 Å². The summed E-state index contributed by atoms with van der Waals surface area (Å²) in [4.78, 5) is 6.91. The van der Waals surface area contributed by atoms with E-state index in [1.807, 2.05) is 30.0 Å². The zero-order valence-electron chi connectivity index (χ0n) is 18.0. The zero-order valence-corrected chi connectivity index (χ0v) is 18.8. The van der Waals surface area contributed by atoms with Gasteiger partial charge >= 0.3 is 6.01 Å². The quantitative estimate of drug-likeness (QED) is 0.542. The van der Waals surface area contributed by atoms with Gasteiger partial charge in [-0.2, -0.15) is 9.29 Å². The van der Waals surface area contributed by atoms with Gasteiger partial charge < -0.3 is 14.2 Å². The van der Waals surface area contributed by atoms with Crippen LogP contribution in [0.4, 0.5) is 6.01 Å². The minimum absolute atomic E-state index is 0.151. The number of sulfonamides is 1. The van der Waals surface area contributed by atoms with Gasteiger partial charge in [-0.15, -0.1) is 0 Å². The van der Waals surface area contributed by atoms with Crippen molar-refractivity contribution in [2.75, 3.05) is 37.7 Å². The van der Waals surface area contributed by atoms with Gasteiger partial charge in [0.05, 0.1) is 16.9 Å². The Kier molecular flexibility index (Phi) is 5.38. The predicted octanol–water partition coefficient (Wildman–Crippen LogP) is 3.06. The molecule has 0 unspecified atom stereocenters. The van der Waals surface area contributed by atoms with Crippen LogP contribution in [-0.4, -0.2) is 55.6 Å². The monoisotopic (exact) mass is 454 g/mol. The molecule has 0 spiro atoms. The molecule has 2 fully saturated rings. The molecule has 0 atom stereocenters. The van der Waals surface area contributed by atoms with Gasteiger partial charge in [-0.3, -0.25) is 0 Å². The number of ether oxygens (including phenoxy) is 1. The molecule has 2 heterocycles. The Bertz CT molecular complexity index is 1170. The highest BCUT2D eigenvalue weighted by Gasteiger charge is 2.50. The number of hydrogen-bond acceptors (Lipinski definition) is 7. The number of piperazine rings is 1. The molecule has 0 radical (unpaired) electrons. The molecule has 3 aromatic rings. The number of rotatable bonds is 7. The maximum absolute atomic E-state index is 13.0. The molecule has 1 aliphatic carbocycles. The third-order valence-electron chi connectivity index (χ3n) is 6.20. The van der Waals surface area contributed by atoms with Crippen molar-refractivity contribution in [1.82, 2.24) is 14.4 Å². The topological polar surface area (TPSA) is 88.8 Å². The van der Waals surface area contributed by atoms with Crippen molar-refractivity contribution in [3.63, 3.8) is 0 Å². The molecule has 2 aliphatic rings.